The van der Waals surface area contributed by atoms with E-state index in [2.05, 4.69) is 6.92 Å². The molecule has 0 aromatic heterocycles. The fraction of sp³-hybridized carbons (Fsp3) is 0.818. The summed E-state index contributed by atoms with van der Waals surface area (Å²) in [5, 5.41) is 0. The Morgan fingerprint density at radius 2 is 1.73 bits per heavy atom. The van der Waals surface area contributed by atoms with Crippen LogP contribution in [-0.4, -0.2) is 0 Å². The van der Waals surface area contributed by atoms with E-state index in [1.165, 1.54) is 51.4 Å². The summed E-state index contributed by atoms with van der Waals surface area (Å²) < 4.78 is 0. The maximum atomic E-state index is 3.86. The average Bonchev–Trinajstić information content (AvgIpc) is 2.07. The van der Waals surface area contributed by atoms with E-state index < -0.39 is 0 Å². The van der Waals surface area contributed by atoms with Crippen LogP contribution in [0, 0.1) is 12.8 Å². The monoisotopic (exact) mass is 152 g/mol. The molecule has 0 amide bonds. The third-order valence-electron chi connectivity index (χ3n) is 2.59. The second-order valence-electron chi connectivity index (χ2n) is 3.62. The lowest BCUT2D eigenvalue weighted by molar-refractivity contribution is 0.493. The third kappa shape index (κ3) is 3.79. The van der Waals surface area contributed by atoms with E-state index in [1.54, 1.807) is 0 Å². The first-order chi connectivity index (χ1) is 5.43. The van der Waals surface area contributed by atoms with Crippen LogP contribution in [-0.2, 0) is 0 Å². The largest absolute Gasteiger partial charge is 0.0533 e. The van der Waals surface area contributed by atoms with E-state index in [0.29, 0.717) is 0 Å². The van der Waals surface area contributed by atoms with E-state index >= 15 is 0 Å². The van der Waals surface area contributed by atoms with Gasteiger partial charge in [0.1, 0.15) is 0 Å². The minimum Gasteiger partial charge on any atom is -0.0533 e. The Hall–Kier alpha value is 0. The highest BCUT2D eigenvalue weighted by Crippen LogP contribution is 2.29. The topological polar surface area (TPSA) is 0 Å². The Bertz CT molecular complexity index is 80.0. The molecule has 0 aromatic carbocycles. The van der Waals surface area contributed by atoms with Crippen LogP contribution >= 0.6 is 0 Å². The predicted octanol–water partition coefficient (Wildman–Crippen LogP) is 3.92. The van der Waals surface area contributed by atoms with Crippen molar-refractivity contribution in [2.45, 2.75) is 57.8 Å². The molecule has 0 aromatic rings. The van der Waals surface area contributed by atoms with Gasteiger partial charge in [-0.15, -0.1) is 0 Å². The summed E-state index contributed by atoms with van der Waals surface area (Å²) >= 11 is 0. The Kier molecular flexibility index (Phi) is 4.65. The SMILES string of the molecule is [CH2]CCCC[C]1CCCCC1. The maximum Gasteiger partial charge on any atom is -0.0241 e. The molecule has 0 unspecified atom stereocenters. The lowest BCUT2D eigenvalue weighted by atomic mass is 9.86. The molecular formula is C11H20. The van der Waals surface area contributed by atoms with Crippen LogP contribution < -0.4 is 0 Å². The van der Waals surface area contributed by atoms with Crippen molar-refractivity contribution in [1.82, 2.24) is 0 Å². The maximum absolute atomic E-state index is 3.86. The van der Waals surface area contributed by atoms with Crippen LogP contribution in [0.25, 0.3) is 0 Å². The van der Waals surface area contributed by atoms with Crippen LogP contribution in [0.1, 0.15) is 57.8 Å². The minimum atomic E-state index is 1.12. The van der Waals surface area contributed by atoms with Gasteiger partial charge in [-0.2, -0.15) is 0 Å². The zero-order valence-corrected chi connectivity index (χ0v) is 7.57. The van der Waals surface area contributed by atoms with Gasteiger partial charge in [0.25, 0.3) is 0 Å². The summed E-state index contributed by atoms with van der Waals surface area (Å²) in [6.45, 7) is 3.86. The van der Waals surface area contributed by atoms with E-state index in [4.69, 9.17) is 0 Å². The summed E-state index contributed by atoms with van der Waals surface area (Å²) in [6.07, 6.45) is 12.5. The first kappa shape index (κ1) is 9.09. The molecule has 0 heteroatoms. The molecule has 0 atom stereocenters. The minimum absolute atomic E-state index is 1.12. The summed E-state index contributed by atoms with van der Waals surface area (Å²) in [5.41, 5.74) is 0. The molecule has 0 heterocycles. The third-order valence-corrected chi connectivity index (χ3v) is 2.59. The number of hydrogen-bond acceptors (Lipinski definition) is 0. The predicted molar refractivity (Wildman–Crippen MR) is 50.2 cm³/mol. The summed E-state index contributed by atoms with van der Waals surface area (Å²) in [4.78, 5) is 0. The van der Waals surface area contributed by atoms with Gasteiger partial charge in [0, 0.05) is 0 Å². The Labute approximate surface area is 71.4 Å². The van der Waals surface area contributed by atoms with Crippen molar-refractivity contribution in [3.05, 3.63) is 12.8 Å². The average molecular weight is 152 g/mol. The van der Waals surface area contributed by atoms with Crippen LogP contribution in [0.2, 0.25) is 0 Å². The van der Waals surface area contributed by atoms with Gasteiger partial charge in [-0.25, -0.2) is 0 Å². The quantitative estimate of drug-likeness (QED) is 0.536. The molecule has 11 heavy (non-hydrogen) atoms. The molecule has 0 bridgehead atoms. The van der Waals surface area contributed by atoms with Gasteiger partial charge in [0.2, 0.25) is 0 Å². The molecule has 0 saturated heterocycles. The highest BCUT2D eigenvalue weighted by molar-refractivity contribution is 4.91. The molecule has 1 rings (SSSR count). The molecule has 0 nitrogen and oxygen atoms in total. The molecule has 2 radical (unpaired) electrons. The second-order valence-corrected chi connectivity index (χ2v) is 3.62. The van der Waals surface area contributed by atoms with Crippen LogP contribution in [0.15, 0.2) is 0 Å². The van der Waals surface area contributed by atoms with Gasteiger partial charge in [-0.1, -0.05) is 45.4 Å². The Morgan fingerprint density at radius 1 is 1.00 bits per heavy atom. The fourth-order valence-corrected chi connectivity index (χ4v) is 1.85. The Balaban J connectivity index is 1.96. The molecule has 1 aliphatic carbocycles. The fourth-order valence-electron chi connectivity index (χ4n) is 1.85. The van der Waals surface area contributed by atoms with Crippen molar-refractivity contribution < 1.29 is 0 Å². The molecule has 0 aliphatic heterocycles. The zero-order valence-electron chi connectivity index (χ0n) is 7.57. The summed E-state index contributed by atoms with van der Waals surface area (Å²) in [7, 11) is 0. The van der Waals surface area contributed by atoms with Gasteiger partial charge < -0.3 is 0 Å². The second kappa shape index (κ2) is 5.62. The molecule has 0 spiro atoms. The van der Waals surface area contributed by atoms with Crippen molar-refractivity contribution in [2.24, 2.45) is 0 Å². The van der Waals surface area contributed by atoms with Crippen LogP contribution in [0.3, 0.4) is 0 Å². The van der Waals surface area contributed by atoms with Gasteiger partial charge in [0.05, 0.1) is 0 Å². The standard InChI is InChI=1S/C11H20/c1-2-3-5-8-11-9-6-4-7-10-11/h1-10H2. The molecule has 1 fully saturated rings. The molecular weight excluding hydrogens is 132 g/mol. The lowest BCUT2D eigenvalue weighted by Gasteiger charge is -2.20. The van der Waals surface area contributed by atoms with Gasteiger partial charge in [-0.3, -0.25) is 0 Å². The summed E-state index contributed by atoms with van der Waals surface area (Å²) in [5.74, 6) is 1.84. The number of rotatable bonds is 4. The number of unbranched alkanes of at least 4 members (excludes halogenated alkanes) is 2. The van der Waals surface area contributed by atoms with Crippen LogP contribution in [0.4, 0.5) is 0 Å². The van der Waals surface area contributed by atoms with Gasteiger partial charge in [-0.05, 0) is 25.2 Å². The van der Waals surface area contributed by atoms with E-state index in [-0.39, 0.29) is 0 Å². The van der Waals surface area contributed by atoms with Crippen LogP contribution in [0.5, 0.6) is 0 Å². The Morgan fingerprint density at radius 3 is 2.36 bits per heavy atom. The number of hydrogen-bond donors (Lipinski definition) is 0. The smallest absolute Gasteiger partial charge is 0.0241 e. The first-order valence-electron chi connectivity index (χ1n) is 5.06. The van der Waals surface area contributed by atoms with Gasteiger partial charge in [0.15, 0.2) is 0 Å². The summed E-state index contributed by atoms with van der Waals surface area (Å²) in [6, 6.07) is 0. The van der Waals surface area contributed by atoms with Crippen molar-refractivity contribution in [3.63, 3.8) is 0 Å². The van der Waals surface area contributed by atoms with Crippen molar-refractivity contribution in [3.8, 4) is 0 Å². The van der Waals surface area contributed by atoms with E-state index in [0.717, 1.165) is 6.42 Å². The highest BCUT2D eigenvalue weighted by atomic mass is 14.2. The van der Waals surface area contributed by atoms with Crippen molar-refractivity contribution in [1.29, 1.82) is 0 Å². The normalized spacial score (nSPS) is 20.5. The van der Waals surface area contributed by atoms with E-state index in [9.17, 15) is 0 Å². The molecule has 0 N–H and O–H groups in total. The molecule has 1 saturated carbocycles. The highest BCUT2D eigenvalue weighted by Gasteiger charge is 2.12. The molecule has 64 valence electrons. The van der Waals surface area contributed by atoms with Crippen molar-refractivity contribution >= 4 is 0 Å². The zero-order chi connectivity index (χ0) is 7.94. The van der Waals surface area contributed by atoms with Crippen molar-refractivity contribution in [2.75, 3.05) is 0 Å². The van der Waals surface area contributed by atoms with Gasteiger partial charge >= 0.3 is 0 Å². The molecule has 1 aliphatic rings. The van der Waals surface area contributed by atoms with E-state index in [1.807, 2.05) is 5.92 Å². The lowest BCUT2D eigenvalue weighted by Crippen LogP contribution is -2.03. The first-order valence-corrected chi connectivity index (χ1v) is 5.06.